The normalized spacial score (nSPS) is 10.9. The van der Waals surface area contributed by atoms with Crippen molar-refractivity contribution < 1.29 is 60.6 Å². The SMILES string of the molecule is C=CC(=O)OCCCCCCCCCCCOc1cc(C(=O)NCCS(=O)(=O)O)cc(OCCCCCCCCCCCOC(=O)C=C)c1OCCCCCCCCCCCOC(=O)C=C.[LiH]. The number of ether oxygens (including phenoxy) is 6. The van der Waals surface area contributed by atoms with Crippen molar-refractivity contribution in [2.24, 2.45) is 0 Å². The third kappa shape index (κ3) is 37.8. The molecule has 0 aromatic heterocycles. The van der Waals surface area contributed by atoms with Gasteiger partial charge in [-0.3, -0.25) is 9.35 Å². The molecule has 2 N–H and O–H groups in total. The van der Waals surface area contributed by atoms with Crippen molar-refractivity contribution in [3.8, 4) is 17.2 Å². The molecule has 378 valence electrons. The number of carbonyl (C=O) groups is 4. The Morgan fingerprint density at radius 1 is 0.463 bits per heavy atom. The van der Waals surface area contributed by atoms with Gasteiger partial charge in [-0.15, -0.1) is 0 Å². The van der Waals surface area contributed by atoms with E-state index >= 15 is 0 Å². The van der Waals surface area contributed by atoms with Crippen molar-refractivity contribution in [2.75, 3.05) is 51.9 Å². The van der Waals surface area contributed by atoms with E-state index in [-0.39, 0.29) is 48.9 Å². The van der Waals surface area contributed by atoms with E-state index in [9.17, 15) is 32.1 Å². The fourth-order valence-electron chi connectivity index (χ4n) is 7.02. The summed E-state index contributed by atoms with van der Waals surface area (Å²) in [5.74, 6) is -1.04. The van der Waals surface area contributed by atoms with Gasteiger partial charge in [0.15, 0.2) is 11.5 Å². The van der Waals surface area contributed by atoms with Gasteiger partial charge in [-0.05, 0) is 50.7 Å². The van der Waals surface area contributed by atoms with Crippen LogP contribution in [0, 0.1) is 0 Å². The number of amides is 1. The van der Waals surface area contributed by atoms with Crippen LogP contribution in [0.2, 0.25) is 0 Å². The number of rotatable bonds is 46. The number of hydrogen-bond donors (Lipinski definition) is 2. The van der Waals surface area contributed by atoms with Crippen LogP contribution in [0.1, 0.15) is 184 Å². The predicted molar refractivity (Wildman–Crippen MR) is 267 cm³/mol. The third-order valence-corrected chi connectivity index (χ3v) is 11.5. The molecule has 0 fully saturated rings. The summed E-state index contributed by atoms with van der Waals surface area (Å²) in [5, 5.41) is 2.57. The van der Waals surface area contributed by atoms with Gasteiger partial charge < -0.3 is 33.7 Å². The third-order valence-electron chi connectivity index (χ3n) is 10.8. The van der Waals surface area contributed by atoms with E-state index in [1.807, 2.05) is 0 Å². The van der Waals surface area contributed by atoms with E-state index in [0.717, 1.165) is 173 Å². The first-order valence-electron chi connectivity index (χ1n) is 24.7. The molecule has 67 heavy (non-hydrogen) atoms. The summed E-state index contributed by atoms with van der Waals surface area (Å²) in [6.45, 7) is 12.5. The molecule has 0 aliphatic rings. The monoisotopic (exact) mass is 958 g/mol. The molecule has 0 bridgehead atoms. The van der Waals surface area contributed by atoms with Crippen molar-refractivity contribution in [2.45, 2.75) is 173 Å². The van der Waals surface area contributed by atoms with Crippen LogP contribution in [0.3, 0.4) is 0 Å². The van der Waals surface area contributed by atoms with E-state index < -0.39 is 21.8 Å². The van der Waals surface area contributed by atoms with Gasteiger partial charge in [0.25, 0.3) is 16.0 Å². The zero-order valence-corrected chi connectivity index (χ0v) is 40.8. The van der Waals surface area contributed by atoms with Gasteiger partial charge in [0.05, 0.1) is 45.4 Å². The van der Waals surface area contributed by atoms with Gasteiger partial charge in [0.1, 0.15) is 0 Å². The molecule has 0 unspecified atom stereocenters. The van der Waals surface area contributed by atoms with Gasteiger partial charge in [-0.25, -0.2) is 14.4 Å². The van der Waals surface area contributed by atoms with Crippen molar-refractivity contribution >= 4 is 52.8 Å². The van der Waals surface area contributed by atoms with Crippen LogP contribution < -0.4 is 19.5 Å². The van der Waals surface area contributed by atoms with E-state index in [1.54, 1.807) is 12.1 Å². The minimum absolute atomic E-state index is 0. The molecule has 1 aromatic rings. The standard InChI is InChI=1S/C51H83NO13S.Li.H/c1-4-47(53)62-37-30-24-18-12-7-10-16-22-28-35-60-45-42-44(51(56)52-34-41-66(57,58)59)43-46(61-36-29-23-17-11-8-13-19-25-31-38-63-48(54)5-2)50(45)65-40-33-27-21-15-9-14-20-26-32-39-64-49(55)6-3;;/h4-6,42-43H,1-3,7-41H2,(H,52,56)(H,57,58,59);;. The summed E-state index contributed by atoms with van der Waals surface area (Å²) < 4.78 is 66.0. The summed E-state index contributed by atoms with van der Waals surface area (Å²) in [7, 11) is -4.26. The van der Waals surface area contributed by atoms with Gasteiger partial charge in [0.2, 0.25) is 5.75 Å². The number of esters is 3. The maximum absolute atomic E-state index is 13.3. The molecule has 0 aliphatic heterocycles. The first-order valence-corrected chi connectivity index (χ1v) is 26.3. The quantitative estimate of drug-likeness (QED) is 0.0157. The average molecular weight is 958 g/mol. The van der Waals surface area contributed by atoms with Crippen LogP contribution in [0.25, 0.3) is 0 Å². The second-order valence-corrected chi connectivity index (χ2v) is 18.1. The van der Waals surface area contributed by atoms with Gasteiger partial charge in [-0.1, -0.05) is 155 Å². The molecule has 0 spiro atoms. The molecule has 1 rings (SSSR count). The Kier molecular flexibility index (Phi) is 41.1. The van der Waals surface area contributed by atoms with Crippen LogP contribution in [-0.4, -0.2) is 108 Å². The first kappa shape index (κ1) is 63.2. The van der Waals surface area contributed by atoms with Crippen molar-refractivity contribution in [1.29, 1.82) is 0 Å². The summed E-state index contributed by atoms with van der Waals surface area (Å²) in [5.41, 5.74) is 0.234. The fraction of sp³-hybridized carbons (Fsp3) is 0.686. The summed E-state index contributed by atoms with van der Waals surface area (Å²) in [6.07, 6.45) is 31.2. The number of carbonyl (C=O) groups excluding carboxylic acids is 4. The second-order valence-electron chi connectivity index (χ2n) is 16.5. The molecule has 0 heterocycles. The molecule has 0 aliphatic carbocycles. The van der Waals surface area contributed by atoms with Crippen LogP contribution in [0.4, 0.5) is 0 Å². The number of unbranched alkanes of at least 4 members (excludes halogenated alkanes) is 24. The van der Waals surface area contributed by atoms with Crippen LogP contribution in [-0.2, 0) is 38.7 Å². The Labute approximate surface area is 415 Å². The zero-order valence-electron chi connectivity index (χ0n) is 40.0. The fourth-order valence-corrected chi connectivity index (χ4v) is 7.38. The predicted octanol–water partition coefficient (Wildman–Crippen LogP) is 10.5. The van der Waals surface area contributed by atoms with Gasteiger partial charge in [-0.2, -0.15) is 8.42 Å². The Morgan fingerprint density at radius 3 is 1.01 bits per heavy atom. The topological polar surface area (TPSA) is 190 Å². The molecule has 1 aromatic carbocycles. The molecule has 0 radical (unpaired) electrons. The molecule has 0 atom stereocenters. The Balaban J connectivity index is 0.0000436. The van der Waals surface area contributed by atoms with Crippen molar-refractivity contribution in [3.63, 3.8) is 0 Å². The summed E-state index contributed by atoms with van der Waals surface area (Å²) in [6, 6.07) is 3.22. The van der Waals surface area contributed by atoms with E-state index in [1.165, 1.54) is 18.2 Å². The molecular formula is C51H84LiNO13S. The number of nitrogens with one attached hydrogen (secondary N) is 1. The molecule has 16 heteroatoms. The maximum atomic E-state index is 13.3. The minimum atomic E-state index is -4.26. The van der Waals surface area contributed by atoms with Crippen molar-refractivity contribution in [1.82, 2.24) is 5.32 Å². The van der Waals surface area contributed by atoms with E-state index in [4.69, 9.17) is 28.4 Å². The second kappa shape index (κ2) is 43.5. The van der Waals surface area contributed by atoms with Gasteiger partial charge in [0, 0.05) is 30.3 Å². The zero-order chi connectivity index (χ0) is 48.4. The summed E-state index contributed by atoms with van der Waals surface area (Å²) in [4.78, 5) is 46.8. The number of benzene rings is 1. The molecule has 0 saturated carbocycles. The summed E-state index contributed by atoms with van der Waals surface area (Å²) >= 11 is 0. The molecule has 1 amide bonds. The Hall–Kier alpha value is -3.77. The Morgan fingerprint density at radius 2 is 0.731 bits per heavy atom. The van der Waals surface area contributed by atoms with Crippen LogP contribution in [0.5, 0.6) is 17.2 Å². The molecule has 14 nitrogen and oxygen atoms in total. The Bertz CT molecular complexity index is 1550. The van der Waals surface area contributed by atoms with E-state index in [2.05, 4.69) is 25.1 Å². The molecule has 0 saturated heterocycles. The van der Waals surface area contributed by atoms with E-state index in [0.29, 0.717) is 56.9 Å². The van der Waals surface area contributed by atoms with Crippen LogP contribution >= 0.6 is 0 Å². The van der Waals surface area contributed by atoms with Gasteiger partial charge >= 0.3 is 36.8 Å². The van der Waals surface area contributed by atoms with Crippen molar-refractivity contribution in [3.05, 3.63) is 55.7 Å². The number of hydrogen-bond acceptors (Lipinski definition) is 12. The van der Waals surface area contributed by atoms with Crippen LogP contribution in [0.15, 0.2) is 50.1 Å². The molecular weight excluding hydrogens is 874 g/mol. The average Bonchev–Trinajstić information content (AvgIpc) is 3.30. The first-order chi connectivity index (χ1) is 32.0.